The van der Waals surface area contributed by atoms with Crippen LogP contribution in [0.15, 0.2) is 11.6 Å². The van der Waals surface area contributed by atoms with E-state index in [1.54, 1.807) is 0 Å². The molecule has 4 saturated carbocycles. The lowest BCUT2D eigenvalue weighted by molar-refractivity contribution is -0.182. The molecular formula is C29H48O2. The summed E-state index contributed by atoms with van der Waals surface area (Å²) in [6.07, 6.45) is 13.6. The maximum atomic E-state index is 12.8. The Labute approximate surface area is 191 Å². The van der Waals surface area contributed by atoms with Crippen molar-refractivity contribution in [3.05, 3.63) is 11.6 Å². The summed E-state index contributed by atoms with van der Waals surface area (Å²) in [6, 6.07) is 0. The Morgan fingerprint density at radius 2 is 1.71 bits per heavy atom. The fourth-order valence-corrected chi connectivity index (χ4v) is 9.75. The van der Waals surface area contributed by atoms with Gasteiger partial charge in [-0.3, -0.25) is 4.79 Å². The van der Waals surface area contributed by atoms with Gasteiger partial charge in [-0.05, 0) is 119 Å². The van der Waals surface area contributed by atoms with Crippen molar-refractivity contribution in [3.8, 4) is 0 Å². The summed E-state index contributed by atoms with van der Waals surface area (Å²) in [6.45, 7) is 16.1. The first-order chi connectivity index (χ1) is 14.3. The molecule has 31 heavy (non-hydrogen) atoms. The van der Waals surface area contributed by atoms with Gasteiger partial charge in [0.1, 0.15) is 5.78 Å². The van der Waals surface area contributed by atoms with E-state index in [1.165, 1.54) is 44.1 Å². The van der Waals surface area contributed by atoms with Gasteiger partial charge in [-0.1, -0.05) is 39.3 Å². The van der Waals surface area contributed by atoms with Crippen molar-refractivity contribution in [1.82, 2.24) is 0 Å². The highest BCUT2D eigenvalue weighted by Crippen LogP contribution is 2.71. The summed E-state index contributed by atoms with van der Waals surface area (Å²) in [5.74, 6) is 3.67. The average molecular weight is 429 g/mol. The third-order valence-electron chi connectivity index (χ3n) is 11.3. The zero-order valence-electron chi connectivity index (χ0n) is 21.4. The third-order valence-corrected chi connectivity index (χ3v) is 11.3. The predicted octanol–water partition coefficient (Wildman–Crippen LogP) is 7.35. The van der Waals surface area contributed by atoms with Gasteiger partial charge in [0, 0.05) is 11.8 Å². The monoisotopic (exact) mass is 428 g/mol. The first-order valence-corrected chi connectivity index (χ1v) is 13.2. The molecule has 4 rings (SSSR count). The molecule has 0 bridgehead atoms. The van der Waals surface area contributed by atoms with Crippen LogP contribution in [0.5, 0.6) is 0 Å². The van der Waals surface area contributed by atoms with Crippen LogP contribution in [0, 0.1) is 45.8 Å². The van der Waals surface area contributed by atoms with E-state index in [0.717, 1.165) is 37.5 Å². The molecule has 0 unspecified atom stereocenters. The number of allylic oxidation sites excluding steroid dienone is 2. The number of Topliss-reactive ketones (excluding diaryl/α,β-unsaturated/α-hetero) is 1. The quantitative estimate of drug-likeness (QED) is 0.475. The molecule has 0 aromatic rings. The molecule has 0 saturated heterocycles. The normalized spacial score (nSPS) is 45.8. The molecule has 1 N–H and O–H groups in total. The van der Waals surface area contributed by atoms with Gasteiger partial charge in [0.2, 0.25) is 0 Å². The summed E-state index contributed by atoms with van der Waals surface area (Å²) in [7, 11) is 0. The lowest BCUT2D eigenvalue weighted by atomic mass is 9.38. The molecule has 0 aromatic carbocycles. The predicted molar refractivity (Wildman–Crippen MR) is 129 cm³/mol. The van der Waals surface area contributed by atoms with Gasteiger partial charge in [0.05, 0.1) is 5.60 Å². The van der Waals surface area contributed by atoms with Crippen LogP contribution in [0.4, 0.5) is 0 Å². The topological polar surface area (TPSA) is 37.3 Å². The molecule has 0 aromatic heterocycles. The Morgan fingerprint density at radius 3 is 2.39 bits per heavy atom. The van der Waals surface area contributed by atoms with Crippen molar-refractivity contribution in [3.63, 3.8) is 0 Å². The van der Waals surface area contributed by atoms with Gasteiger partial charge in [0.25, 0.3) is 0 Å². The summed E-state index contributed by atoms with van der Waals surface area (Å²) in [5, 5.41) is 11.5. The summed E-state index contributed by atoms with van der Waals surface area (Å²) < 4.78 is 0. The zero-order chi connectivity index (χ0) is 22.8. The number of carbonyl (C=O) groups excluding carboxylic acids is 1. The van der Waals surface area contributed by atoms with E-state index in [4.69, 9.17) is 0 Å². The van der Waals surface area contributed by atoms with Gasteiger partial charge in [-0.15, -0.1) is 0 Å². The van der Waals surface area contributed by atoms with Crippen molar-refractivity contribution in [2.24, 2.45) is 45.8 Å². The minimum Gasteiger partial charge on any atom is -0.390 e. The van der Waals surface area contributed by atoms with Gasteiger partial charge < -0.3 is 5.11 Å². The fourth-order valence-electron chi connectivity index (χ4n) is 9.75. The third kappa shape index (κ3) is 3.58. The molecule has 2 heteroatoms. The van der Waals surface area contributed by atoms with Gasteiger partial charge in [-0.25, -0.2) is 0 Å². The number of rotatable bonds is 4. The van der Waals surface area contributed by atoms with E-state index in [1.807, 2.05) is 0 Å². The number of hydrogen-bond acceptors (Lipinski definition) is 2. The van der Waals surface area contributed by atoms with E-state index in [-0.39, 0.29) is 5.41 Å². The molecule has 8 atom stereocenters. The molecule has 0 aliphatic heterocycles. The van der Waals surface area contributed by atoms with E-state index < -0.39 is 5.60 Å². The Morgan fingerprint density at radius 1 is 1.00 bits per heavy atom. The van der Waals surface area contributed by atoms with E-state index in [0.29, 0.717) is 34.4 Å². The first-order valence-electron chi connectivity index (χ1n) is 13.2. The van der Waals surface area contributed by atoms with Crippen molar-refractivity contribution in [1.29, 1.82) is 0 Å². The molecule has 0 amide bonds. The van der Waals surface area contributed by atoms with Crippen LogP contribution in [0.1, 0.15) is 113 Å². The maximum absolute atomic E-state index is 12.8. The van der Waals surface area contributed by atoms with Crippen molar-refractivity contribution in [2.75, 3.05) is 0 Å². The first kappa shape index (κ1) is 23.5. The van der Waals surface area contributed by atoms with Crippen LogP contribution in [0.3, 0.4) is 0 Å². The average Bonchev–Trinajstić information content (AvgIpc) is 3.11. The SMILES string of the molecule is CC(C)=CCC[C@](C)(O)[C@H]1CC[C@@H]2[C@@H]1CC[C@H]1[C@@]2(C)CC[C@H]2C(C)(C)C(=O)CC[C@]12C. The van der Waals surface area contributed by atoms with Crippen LogP contribution >= 0.6 is 0 Å². The van der Waals surface area contributed by atoms with E-state index in [9.17, 15) is 9.90 Å². The highest BCUT2D eigenvalue weighted by atomic mass is 16.3. The number of carbonyl (C=O) groups is 1. The Hall–Kier alpha value is -0.630. The standard InChI is InChI=1S/C29H48O2/c1-19(2)9-8-16-29(7,31)22-12-11-21-20(22)10-13-24-27(21,5)17-14-23-26(3,4)25(30)15-18-28(23,24)6/h9,20-24,31H,8,10-18H2,1-7H3/t20-,21+,22-,23-,24-,27-,28-,29-/m0/s1. The van der Waals surface area contributed by atoms with Gasteiger partial charge in [-0.2, -0.15) is 0 Å². The second-order valence-corrected chi connectivity index (χ2v) is 13.5. The molecular weight excluding hydrogens is 380 g/mol. The molecule has 2 nitrogen and oxygen atoms in total. The smallest absolute Gasteiger partial charge is 0.138 e. The highest BCUT2D eigenvalue weighted by molar-refractivity contribution is 5.85. The van der Waals surface area contributed by atoms with Gasteiger partial charge >= 0.3 is 0 Å². The molecule has 0 heterocycles. The molecule has 4 fully saturated rings. The summed E-state index contributed by atoms with van der Waals surface area (Å²) in [4.78, 5) is 12.8. The zero-order valence-corrected chi connectivity index (χ0v) is 21.4. The largest absolute Gasteiger partial charge is 0.390 e. The maximum Gasteiger partial charge on any atom is 0.138 e. The van der Waals surface area contributed by atoms with Crippen molar-refractivity contribution < 1.29 is 9.90 Å². The number of aliphatic hydroxyl groups is 1. The van der Waals surface area contributed by atoms with Gasteiger partial charge in [0.15, 0.2) is 0 Å². The summed E-state index contributed by atoms with van der Waals surface area (Å²) >= 11 is 0. The Bertz CT molecular complexity index is 742. The van der Waals surface area contributed by atoms with Crippen molar-refractivity contribution >= 4 is 5.78 Å². The van der Waals surface area contributed by atoms with Crippen LogP contribution in [0.25, 0.3) is 0 Å². The molecule has 0 spiro atoms. The van der Waals surface area contributed by atoms with Crippen LogP contribution in [-0.4, -0.2) is 16.5 Å². The molecule has 4 aliphatic carbocycles. The Balaban J connectivity index is 1.56. The van der Waals surface area contributed by atoms with Crippen LogP contribution < -0.4 is 0 Å². The number of ketones is 1. The summed E-state index contributed by atoms with van der Waals surface area (Å²) in [5.41, 5.74) is 1.34. The highest BCUT2D eigenvalue weighted by Gasteiger charge is 2.65. The lowest BCUT2D eigenvalue weighted by Crippen LogP contribution is -2.61. The second-order valence-electron chi connectivity index (χ2n) is 13.5. The number of fused-ring (bicyclic) bond motifs is 5. The van der Waals surface area contributed by atoms with Crippen LogP contribution in [-0.2, 0) is 4.79 Å². The molecule has 176 valence electrons. The van der Waals surface area contributed by atoms with Crippen molar-refractivity contribution in [2.45, 2.75) is 118 Å². The molecule has 4 aliphatic rings. The van der Waals surface area contributed by atoms with E-state index >= 15 is 0 Å². The molecule has 0 radical (unpaired) electrons. The minimum absolute atomic E-state index is 0.155. The minimum atomic E-state index is -0.547. The second kappa shape index (κ2) is 7.71. The van der Waals surface area contributed by atoms with E-state index in [2.05, 4.69) is 54.5 Å². The lowest BCUT2D eigenvalue weighted by Gasteiger charge is -2.66. The Kier molecular flexibility index (Phi) is 5.85. The van der Waals surface area contributed by atoms with Crippen LogP contribution in [0.2, 0.25) is 0 Å². The fraction of sp³-hybridized carbons (Fsp3) is 0.897. The number of hydrogen-bond donors (Lipinski definition) is 1.